The molecule has 1 aliphatic rings. The summed E-state index contributed by atoms with van der Waals surface area (Å²) >= 11 is 1.47. The second-order valence-electron chi connectivity index (χ2n) is 6.06. The molecule has 0 unspecified atom stereocenters. The van der Waals surface area contributed by atoms with Gasteiger partial charge in [-0.3, -0.25) is 9.59 Å². The highest BCUT2D eigenvalue weighted by atomic mass is 32.1. The van der Waals surface area contributed by atoms with E-state index in [1.165, 1.54) is 16.2 Å². The fourth-order valence-corrected chi connectivity index (χ4v) is 4.06. The van der Waals surface area contributed by atoms with Crippen molar-refractivity contribution in [3.63, 3.8) is 0 Å². The molecule has 0 bridgehead atoms. The van der Waals surface area contributed by atoms with E-state index in [1.54, 1.807) is 12.1 Å². The van der Waals surface area contributed by atoms with Crippen molar-refractivity contribution in [3.05, 3.63) is 88.8 Å². The standard InChI is InChI=1S/C22H18N2O2S/c1-2-23(16-10-5-3-6-11-16)20-19(18-14-9-15-27-18)21(25)24(22(20)26)17-12-7-4-8-13-17/h3-15H,2H2,1H3. The van der Waals surface area contributed by atoms with Gasteiger partial charge in [0.05, 0.1) is 11.3 Å². The minimum absolute atomic E-state index is 0.280. The van der Waals surface area contributed by atoms with Crippen LogP contribution in [0.2, 0.25) is 0 Å². The molecular formula is C22H18N2O2S. The zero-order chi connectivity index (χ0) is 18.8. The first-order valence-electron chi connectivity index (χ1n) is 8.77. The van der Waals surface area contributed by atoms with Gasteiger partial charge in [0.15, 0.2) is 0 Å². The van der Waals surface area contributed by atoms with Gasteiger partial charge in [0, 0.05) is 17.1 Å². The van der Waals surface area contributed by atoms with E-state index in [0.29, 0.717) is 23.5 Å². The number of hydrogen-bond donors (Lipinski definition) is 0. The third-order valence-corrected chi connectivity index (χ3v) is 5.38. The first-order valence-corrected chi connectivity index (χ1v) is 9.65. The van der Waals surface area contributed by atoms with Gasteiger partial charge in [0.1, 0.15) is 5.70 Å². The van der Waals surface area contributed by atoms with Crippen LogP contribution >= 0.6 is 11.3 Å². The molecule has 2 amide bonds. The molecule has 134 valence electrons. The van der Waals surface area contributed by atoms with Gasteiger partial charge in [-0.2, -0.15) is 0 Å². The van der Waals surface area contributed by atoms with Crippen molar-refractivity contribution in [1.82, 2.24) is 0 Å². The quantitative estimate of drug-likeness (QED) is 0.615. The molecule has 0 spiro atoms. The van der Waals surface area contributed by atoms with Gasteiger partial charge in [-0.05, 0) is 42.6 Å². The Kier molecular flexibility index (Phi) is 4.60. The Balaban J connectivity index is 1.89. The molecule has 4 rings (SSSR count). The maximum Gasteiger partial charge on any atom is 0.282 e. The highest BCUT2D eigenvalue weighted by molar-refractivity contribution is 7.11. The van der Waals surface area contributed by atoms with E-state index in [0.717, 1.165) is 10.6 Å². The second-order valence-corrected chi connectivity index (χ2v) is 7.01. The number of amides is 2. The molecule has 0 saturated heterocycles. The Morgan fingerprint density at radius 1 is 0.852 bits per heavy atom. The first-order chi connectivity index (χ1) is 13.2. The van der Waals surface area contributed by atoms with Gasteiger partial charge >= 0.3 is 0 Å². The second kappa shape index (κ2) is 7.21. The van der Waals surface area contributed by atoms with Crippen LogP contribution in [0.4, 0.5) is 11.4 Å². The first kappa shape index (κ1) is 17.2. The molecule has 0 N–H and O–H groups in total. The largest absolute Gasteiger partial charge is 0.337 e. The fourth-order valence-electron chi connectivity index (χ4n) is 3.30. The Bertz CT molecular complexity index is 995. The van der Waals surface area contributed by atoms with Gasteiger partial charge in [0.2, 0.25) is 0 Å². The summed E-state index contributed by atoms with van der Waals surface area (Å²) in [6.45, 7) is 2.56. The highest BCUT2D eigenvalue weighted by Crippen LogP contribution is 2.37. The third kappa shape index (κ3) is 2.96. The summed E-state index contributed by atoms with van der Waals surface area (Å²) in [6.07, 6.45) is 0. The van der Waals surface area contributed by atoms with E-state index in [-0.39, 0.29) is 11.8 Å². The smallest absolute Gasteiger partial charge is 0.282 e. The van der Waals surface area contributed by atoms with Crippen LogP contribution in [0.5, 0.6) is 0 Å². The number of rotatable bonds is 5. The van der Waals surface area contributed by atoms with Crippen LogP contribution in [0.3, 0.4) is 0 Å². The van der Waals surface area contributed by atoms with Gasteiger partial charge in [0.25, 0.3) is 11.8 Å². The number of likely N-dealkylation sites (N-methyl/N-ethyl adjacent to an activating group) is 1. The van der Waals surface area contributed by atoms with E-state index < -0.39 is 0 Å². The Morgan fingerprint density at radius 3 is 2.11 bits per heavy atom. The van der Waals surface area contributed by atoms with Crippen LogP contribution in [0, 0.1) is 0 Å². The minimum atomic E-state index is -0.291. The van der Waals surface area contributed by atoms with Crippen molar-refractivity contribution in [2.24, 2.45) is 0 Å². The summed E-state index contributed by atoms with van der Waals surface area (Å²) in [6, 6.07) is 22.6. The van der Waals surface area contributed by atoms with Gasteiger partial charge in [-0.15, -0.1) is 11.3 Å². The number of hydrogen-bond acceptors (Lipinski definition) is 4. The Hall–Kier alpha value is -3.18. The van der Waals surface area contributed by atoms with Crippen molar-refractivity contribution in [2.75, 3.05) is 16.3 Å². The van der Waals surface area contributed by atoms with E-state index >= 15 is 0 Å². The molecule has 5 heteroatoms. The molecule has 0 fully saturated rings. The maximum absolute atomic E-state index is 13.4. The lowest BCUT2D eigenvalue weighted by molar-refractivity contribution is -0.120. The fraction of sp³-hybridized carbons (Fsp3) is 0.0909. The van der Waals surface area contributed by atoms with Gasteiger partial charge in [-0.1, -0.05) is 42.5 Å². The number of nitrogens with zero attached hydrogens (tertiary/aromatic N) is 2. The number of carbonyl (C=O) groups is 2. The average Bonchev–Trinajstić information content (AvgIpc) is 3.31. The van der Waals surface area contributed by atoms with Crippen molar-refractivity contribution in [2.45, 2.75) is 6.92 Å². The summed E-state index contributed by atoms with van der Waals surface area (Å²) in [5.74, 6) is -0.571. The predicted molar refractivity (Wildman–Crippen MR) is 110 cm³/mol. The topological polar surface area (TPSA) is 40.6 Å². The lowest BCUT2D eigenvalue weighted by atomic mass is 10.1. The SMILES string of the molecule is CCN(C1=C(c2cccs2)C(=O)N(c2ccccc2)C1=O)c1ccccc1. The van der Waals surface area contributed by atoms with Crippen LogP contribution in [-0.4, -0.2) is 18.4 Å². The number of benzene rings is 2. The summed E-state index contributed by atoms with van der Waals surface area (Å²) in [5, 5.41) is 1.92. The van der Waals surface area contributed by atoms with Crippen molar-refractivity contribution in [1.29, 1.82) is 0 Å². The molecule has 0 saturated carbocycles. The summed E-state index contributed by atoms with van der Waals surface area (Å²) < 4.78 is 0. The molecule has 0 atom stereocenters. The van der Waals surface area contributed by atoms with Crippen molar-refractivity contribution < 1.29 is 9.59 Å². The molecule has 2 aromatic carbocycles. The molecular weight excluding hydrogens is 356 g/mol. The highest BCUT2D eigenvalue weighted by Gasteiger charge is 2.42. The molecule has 4 nitrogen and oxygen atoms in total. The van der Waals surface area contributed by atoms with Gasteiger partial charge in [-0.25, -0.2) is 4.90 Å². The number of para-hydroxylation sites is 2. The zero-order valence-electron chi connectivity index (χ0n) is 14.8. The molecule has 27 heavy (non-hydrogen) atoms. The number of imide groups is 1. The molecule has 2 heterocycles. The molecule has 3 aromatic rings. The Morgan fingerprint density at radius 2 is 1.52 bits per heavy atom. The Labute approximate surface area is 162 Å². The minimum Gasteiger partial charge on any atom is -0.337 e. The lowest BCUT2D eigenvalue weighted by Gasteiger charge is -2.24. The lowest BCUT2D eigenvalue weighted by Crippen LogP contribution is -2.35. The molecule has 1 aliphatic heterocycles. The van der Waals surface area contributed by atoms with Crippen LogP contribution in [0.15, 0.2) is 83.9 Å². The number of thiophene rings is 1. The van der Waals surface area contributed by atoms with Crippen LogP contribution in [0.25, 0.3) is 5.57 Å². The van der Waals surface area contributed by atoms with E-state index in [1.807, 2.05) is 77.9 Å². The van der Waals surface area contributed by atoms with Crippen molar-refractivity contribution >= 4 is 40.1 Å². The average molecular weight is 374 g/mol. The van der Waals surface area contributed by atoms with Crippen molar-refractivity contribution in [3.8, 4) is 0 Å². The van der Waals surface area contributed by atoms with Crippen LogP contribution in [-0.2, 0) is 9.59 Å². The zero-order valence-corrected chi connectivity index (χ0v) is 15.6. The van der Waals surface area contributed by atoms with Gasteiger partial charge < -0.3 is 4.90 Å². The van der Waals surface area contributed by atoms with E-state index in [4.69, 9.17) is 0 Å². The van der Waals surface area contributed by atoms with Crippen LogP contribution < -0.4 is 9.80 Å². The predicted octanol–water partition coefficient (Wildman–Crippen LogP) is 4.56. The normalized spacial score (nSPS) is 14.2. The maximum atomic E-state index is 13.4. The molecule has 0 radical (unpaired) electrons. The summed E-state index contributed by atoms with van der Waals surface area (Å²) in [7, 11) is 0. The molecule has 1 aromatic heterocycles. The summed E-state index contributed by atoms with van der Waals surface area (Å²) in [5.41, 5.74) is 2.37. The van der Waals surface area contributed by atoms with Crippen LogP contribution in [0.1, 0.15) is 11.8 Å². The number of anilines is 2. The third-order valence-electron chi connectivity index (χ3n) is 4.50. The summed E-state index contributed by atoms with van der Waals surface area (Å²) in [4.78, 5) is 30.7. The monoisotopic (exact) mass is 374 g/mol. The number of carbonyl (C=O) groups excluding carboxylic acids is 2. The molecule has 0 aliphatic carbocycles. The van der Waals surface area contributed by atoms with E-state index in [9.17, 15) is 9.59 Å². The van der Waals surface area contributed by atoms with E-state index in [2.05, 4.69) is 0 Å².